The highest BCUT2D eigenvalue weighted by Gasteiger charge is 2.36. The van der Waals surface area contributed by atoms with Crippen molar-refractivity contribution in [2.24, 2.45) is 0 Å². The number of hydrogen-bond donors (Lipinski definition) is 0. The fourth-order valence-electron chi connectivity index (χ4n) is 4.64. The van der Waals surface area contributed by atoms with E-state index in [1.807, 2.05) is 0 Å². The predicted molar refractivity (Wildman–Crippen MR) is 123 cm³/mol. The van der Waals surface area contributed by atoms with E-state index in [0.29, 0.717) is 17.2 Å². The van der Waals surface area contributed by atoms with Crippen LogP contribution in [0.1, 0.15) is 85.1 Å². The zero-order valence-electron chi connectivity index (χ0n) is 18.8. The Kier molecular flexibility index (Phi) is 7.26. The second kappa shape index (κ2) is 8.87. The second-order valence-corrected chi connectivity index (χ2v) is 12.9. The van der Waals surface area contributed by atoms with E-state index in [2.05, 4.69) is 98.7 Å². The third-order valence-electron chi connectivity index (χ3n) is 5.58. The third-order valence-corrected chi connectivity index (χ3v) is 9.32. The zero-order chi connectivity index (χ0) is 20.4. The van der Waals surface area contributed by atoms with Crippen LogP contribution in [0.2, 0.25) is 0 Å². The summed E-state index contributed by atoms with van der Waals surface area (Å²) in [5.74, 6) is 0.494. The van der Waals surface area contributed by atoms with Crippen molar-refractivity contribution < 1.29 is 0 Å². The van der Waals surface area contributed by atoms with Crippen molar-refractivity contribution in [2.45, 2.75) is 91.1 Å². The van der Waals surface area contributed by atoms with Crippen molar-refractivity contribution in [1.29, 1.82) is 0 Å². The fraction of sp³-hybridized carbons (Fsp3) is 0.560. The molecule has 0 saturated carbocycles. The summed E-state index contributed by atoms with van der Waals surface area (Å²) in [6, 6.07) is 13.4. The maximum atomic E-state index is 5.27. The summed E-state index contributed by atoms with van der Waals surface area (Å²) in [5.41, 5.74) is 7.93. The van der Waals surface area contributed by atoms with Gasteiger partial charge in [0.05, 0.1) is 11.4 Å². The van der Waals surface area contributed by atoms with Crippen LogP contribution in [-0.2, 0) is 11.6 Å². The van der Waals surface area contributed by atoms with Crippen LogP contribution in [0, 0.1) is 0 Å². The Hall–Kier alpha value is -1.20. The number of hydrogen-bond acceptors (Lipinski definition) is 1. The first-order chi connectivity index (χ1) is 12.6. The lowest BCUT2D eigenvalue weighted by atomic mass is 9.90. The topological polar surface area (TPSA) is 12.9 Å². The molecular formula is C25H38NP. The quantitative estimate of drug-likeness (QED) is 0.442. The van der Waals surface area contributed by atoms with E-state index in [1.165, 1.54) is 22.4 Å². The molecule has 1 aromatic carbocycles. The summed E-state index contributed by atoms with van der Waals surface area (Å²) in [7, 11) is -0.173. The number of rotatable bonds is 7. The first-order valence-electron chi connectivity index (χ1n) is 10.5. The third kappa shape index (κ3) is 4.62. The smallest absolute Gasteiger partial charge is 0.0711 e. The molecule has 27 heavy (non-hydrogen) atoms. The summed E-state index contributed by atoms with van der Waals surface area (Å²) in [5, 5.41) is 0.104. The van der Waals surface area contributed by atoms with E-state index < -0.39 is 0 Å². The lowest BCUT2D eigenvalue weighted by molar-refractivity contribution is 0.707. The average Bonchev–Trinajstić information content (AvgIpc) is 2.60. The number of aryl methyl sites for hydroxylation is 1. The minimum atomic E-state index is -0.173. The van der Waals surface area contributed by atoms with Crippen molar-refractivity contribution in [3.8, 4) is 11.3 Å². The summed E-state index contributed by atoms with van der Waals surface area (Å²) in [6.45, 7) is 21.1. The molecule has 1 aromatic heterocycles. The van der Waals surface area contributed by atoms with Crippen molar-refractivity contribution in [3.63, 3.8) is 0 Å². The van der Waals surface area contributed by atoms with E-state index in [0.717, 1.165) is 12.1 Å². The first-order valence-corrected chi connectivity index (χ1v) is 12.0. The number of pyridine rings is 1. The molecule has 0 N–H and O–H groups in total. The Bertz CT molecular complexity index is 751. The molecule has 0 radical (unpaired) electrons. The molecule has 2 aromatic rings. The van der Waals surface area contributed by atoms with Gasteiger partial charge in [-0.15, -0.1) is 0 Å². The fourth-order valence-corrected chi connectivity index (χ4v) is 8.81. The summed E-state index contributed by atoms with van der Waals surface area (Å²) in [4.78, 5) is 5.27. The van der Waals surface area contributed by atoms with Crippen molar-refractivity contribution in [2.75, 3.05) is 0 Å². The van der Waals surface area contributed by atoms with Gasteiger partial charge in [0.15, 0.2) is 0 Å². The normalized spacial score (nSPS) is 12.6. The first kappa shape index (κ1) is 22.1. The van der Waals surface area contributed by atoms with Gasteiger partial charge >= 0.3 is 0 Å². The molecule has 0 atom stereocenters. The van der Waals surface area contributed by atoms with Gasteiger partial charge in [-0.25, -0.2) is 0 Å². The van der Waals surface area contributed by atoms with Crippen LogP contribution in [0.4, 0.5) is 0 Å². The van der Waals surface area contributed by atoms with Gasteiger partial charge in [-0.1, -0.05) is 94.5 Å². The Morgan fingerprint density at radius 3 is 2.00 bits per heavy atom. The van der Waals surface area contributed by atoms with Crippen LogP contribution >= 0.6 is 7.92 Å². The van der Waals surface area contributed by atoms with Crippen LogP contribution in [0.25, 0.3) is 11.3 Å². The molecule has 0 amide bonds. The molecule has 0 unspecified atom stereocenters. The molecule has 148 valence electrons. The molecule has 0 aliphatic rings. The van der Waals surface area contributed by atoms with Crippen LogP contribution in [0.15, 0.2) is 36.4 Å². The lowest BCUT2D eigenvalue weighted by Gasteiger charge is -2.40. The van der Waals surface area contributed by atoms with E-state index >= 15 is 0 Å². The second-order valence-electron chi connectivity index (χ2n) is 8.95. The Labute approximate surface area is 168 Å². The van der Waals surface area contributed by atoms with Gasteiger partial charge in [0, 0.05) is 10.7 Å². The molecule has 0 bridgehead atoms. The largest absolute Gasteiger partial charge is 0.252 e. The van der Waals surface area contributed by atoms with E-state index in [9.17, 15) is 0 Å². The van der Waals surface area contributed by atoms with Gasteiger partial charge in [0.2, 0.25) is 0 Å². The Morgan fingerprint density at radius 1 is 0.889 bits per heavy atom. The van der Waals surface area contributed by atoms with Crippen LogP contribution in [0.5, 0.6) is 0 Å². The SMILES string of the molecule is CCc1cccc(C(C)C)c1-c1cccc(C(C)(C)P(C(C)C)C(C)C)n1. The van der Waals surface area contributed by atoms with Crippen molar-refractivity contribution in [1.82, 2.24) is 4.98 Å². The minimum Gasteiger partial charge on any atom is -0.252 e. The average molecular weight is 384 g/mol. The highest BCUT2D eigenvalue weighted by atomic mass is 31.1. The van der Waals surface area contributed by atoms with Crippen LogP contribution in [-0.4, -0.2) is 16.3 Å². The lowest BCUT2D eigenvalue weighted by Crippen LogP contribution is -2.25. The highest BCUT2D eigenvalue weighted by molar-refractivity contribution is 7.60. The summed E-state index contributed by atoms with van der Waals surface area (Å²) in [6.07, 6.45) is 1.04. The van der Waals surface area contributed by atoms with Gasteiger partial charge in [0.1, 0.15) is 0 Å². The van der Waals surface area contributed by atoms with Gasteiger partial charge in [-0.3, -0.25) is 4.98 Å². The summed E-state index contributed by atoms with van der Waals surface area (Å²) < 4.78 is 0. The van der Waals surface area contributed by atoms with Crippen LogP contribution in [0.3, 0.4) is 0 Å². The van der Waals surface area contributed by atoms with Crippen LogP contribution < -0.4 is 0 Å². The number of nitrogens with zero attached hydrogens (tertiary/aromatic N) is 1. The maximum absolute atomic E-state index is 5.27. The van der Waals surface area contributed by atoms with Gasteiger partial charge in [0.25, 0.3) is 0 Å². The Morgan fingerprint density at radius 2 is 1.48 bits per heavy atom. The summed E-state index contributed by atoms with van der Waals surface area (Å²) >= 11 is 0. The molecule has 1 nitrogen and oxygen atoms in total. The minimum absolute atomic E-state index is 0.104. The molecule has 0 aliphatic carbocycles. The standard InChI is InChI=1S/C25H38NP/c1-10-20-13-11-14-21(17(2)3)24(20)22-15-12-16-23(26-22)25(8,9)27(18(4)5)19(6)7/h11-19H,10H2,1-9H3. The molecule has 0 spiro atoms. The van der Waals surface area contributed by atoms with Gasteiger partial charge < -0.3 is 0 Å². The molecule has 0 fully saturated rings. The molecule has 0 saturated heterocycles. The molecule has 1 heterocycles. The van der Waals surface area contributed by atoms with E-state index in [-0.39, 0.29) is 13.1 Å². The van der Waals surface area contributed by atoms with E-state index in [4.69, 9.17) is 4.98 Å². The molecular weight excluding hydrogens is 345 g/mol. The maximum Gasteiger partial charge on any atom is 0.0711 e. The molecule has 0 aliphatic heterocycles. The monoisotopic (exact) mass is 383 g/mol. The predicted octanol–water partition coefficient (Wildman–Crippen LogP) is 7.97. The number of benzene rings is 1. The molecule has 2 rings (SSSR count). The van der Waals surface area contributed by atoms with Crippen molar-refractivity contribution >= 4 is 7.92 Å². The number of aromatic nitrogens is 1. The van der Waals surface area contributed by atoms with Crippen molar-refractivity contribution in [3.05, 3.63) is 53.2 Å². The highest BCUT2D eigenvalue weighted by Crippen LogP contribution is 2.61. The Balaban J connectivity index is 2.63. The molecule has 2 heteroatoms. The van der Waals surface area contributed by atoms with Gasteiger partial charge in [-0.2, -0.15) is 0 Å². The zero-order valence-corrected chi connectivity index (χ0v) is 19.7. The van der Waals surface area contributed by atoms with E-state index in [1.54, 1.807) is 0 Å². The van der Waals surface area contributed by atoms with Gasteiger partial charge in [-0.05, 0) is 46.9 Å².